The Balaban J connectivity index is 1.95. The Morgan fingerprint density at radius 1 is 1.13 bits per heavy atom. The number of aromatic nitrogens is 1. The van der Waals surface area contributed by atoms with Crippen molar-refractivity contribution in [1.82, 2.24) is 14.4 Å². The average molecular weight is 321 g/mol. The third kappa shape index (κ3) is 4.06. The van der Waals surface area contributed by atoms with Gasteiger partial charge in [-0.1, -0.05) is 0 Å². The van der Waals surface area contributed by atoms with Gasteiger partial charge in [-0.2, -0.15) is 0 Å². The number of carbonyl (C=O) groups excluding carboxylic acids is 2. The van der Waals surface area contributed by atoms with E-state index in [0.717, 1.165) is 23.4 Å². The van der Waals surface area contributed by atoms with E-state index in [1.807, 2.05) is 25.8 Å². The van der Waals surface area contributed by atoms with Gasteiger partial charge in [0.15, 0.2) is 0 Å². The second-order valence-corrected chi connectivity index (χ2v) is 6.05. The summed E-state index contributed by atoms with van der Waals surface area (Å²) in [6.45, 7) is 8.72. The molecule has 1 saturated heterocycles. The van der Waals surface area contributed by atoms with Crippen LogP contribution in [0, 0.1) is 13.8 Å². The van der Waals surface area contributed by atoms with Crippen molar-refractivity contribution in [3.05, 3.63) is 23.0 Å². The molecule has 2 amide bonds. The highest BCUT2D eigenvalue weighted by atomic mass is 16.6. The summed E-state index contributed by atoms with van der Waals surface area (Å²) in [7, 11) is 2.02. The first-order valence-electron chi connectivity index (χ1n) is 8.25. The molecular formula is C17H27N3O3. The molecule has 6 nitrogen and oxygen atoms in total. The van der Waals surface area contributed by atoms with Gasteiger partial charge in [0.05, 0.1) is 13.0 Å². The smallest absolute Gasteiger partial charge is 0.409 e. The molecule has 0 unspecified atom stereocenters. The summed E-state index contributed by atoms with van der Waals surface area (Å²) in [6, 6.07) is 2.08. The lowest BCUT2D eigenvalue weighted by Crippen LogP contribution is -2.38. The molecular weight excluding hydrogens is 294 g/mol. The number of aryl methyl sites for hydroxylation is 1. The van der Waals surface area contributed by atoms with Crippen molar-refractivity contribution in [2.75, 3.05) is 32.8 Å². The molecule has 2 rings (SSSR count). The molecule has 0 aliphatic carbocycles. The SMILES string of the molecule is CCOC(=O)N1CCCN(C(=O)Cc2cc(C)n(C)c2C)CC1. The van der Waals surface area contributed by atoms with Gasteiger partial charge in [0.2, 0.25) is 5.91 Å². The van der Waals surface area contributed by atoms with Gasteiger partial charge in [-0.15, -0.1) is 0 Å². The van der Waals surface area contributed by atoms with Crippen LogP contribution in [-0.4, -0.2) is 59.2 Å². The van der Waals surface area contributed by atoms with Crippen LogP contribution in [0.3, 0.4) is 0 Å². The number of rotatable bonds is 3. The molecule has 1 aromatic rings. The molecule has 0 radical (unpaired) electrons. The summed E-state index contributed by atoms with van der Waals surface area (Å²) < 4.78 is 7.15. The second kappa shape index (κ2) is 7.53. The van der Waals surface area contributed by atoms with Crippen LogP contribution >= 0.6 is 0 Å². The highest BCUT2D eigenvalue weighted by molar-refractivity contribution is 5.79. The fourth-order valence-electron chi connectivity index (χ4n) is 2.95. The molecule has 1 fully saturated rings. The van der Waals surface area contributed by atoms with Crippen LogP contribution in [0.4, 0.5) is 4.79 Å². The number of nitrogens with zero attached hydrogens (tertiary/aromatic N) is 3. The molecule has 1 aromatic heterocycles. The third-order valence-corrected chi connectivity index (χ3v) is 4.60. The molecule has 0 N–H and O–H groups in total. The van der Waals surface area contributed by atoms with E-state index in [2.05, 4.69) is 10.6 Å². The molecule has 1 aliphatic rings. The minimum atomic E-state index is -0.281. The van der Waals surface area contributed by atoms with Gasteiger partial charge in [0, 0.05) is 44.6 Å². The van der Waals surface area contributed by atoms with E-state index < -0.39 is 0 Å². The van der Waals surface area contributed by atoms with Crippen LogP contribution in [0.2, 0.25) is 0 Å². The van der Waals surface area contributed by atoms with Gasteiger partial charge >= 0.3 is 6.09 Å². The van der Waals surface area contributed by atoms with Crippen molar-refractivity contribution in [3.63, 3.8) is 0 Å². The Morgan fingerprint density at radius 3 is 2.39 bits per heavy atom. The first kappa shape index (κ1) is 17.4. The molecule has 0 atom stereocenters. The van der Waals surface area contributed by atoms with Crippen LogP contribution in [0.1, 0.15) is 30.3 Å². The maximum Gasteiger partial charge on any atom is 0.409 e. The highest BCUT2D eigenvalue weighted by Gasteiger charge is 2.23. The molecule has 23 heavy (non-hydrogen) atoms. The summed E-state index contributed by atoms with van der Waals surface area (Å²) in [5.41, 5.74) is 3.38. The van der Waals surface area contributed by atoms with Crippen LogP contribution in [0.15, 0.2) is 6.07 Å². The molecule has 0 aromatic carbocycles. The maximum atomic E-state index is 12.6. The van der Waals surface area contributed by atoms with E-state index >= 15 is 0 Å². The molecule has 0 bridgehead atoms. The zero-order valence-electron chi connectivity index (χ0n) is 14.6. The van der Waals surface area contributed by atoms with Crippen LogP contribution in [0.25, 0.3) is 0 Å². The molecule has 2 heterocycles. The minimum absolute atomic E-state index is 0.129. The topological polar surface area (TPSA) is 54.8 Å². The van der Waals surface area contributed by atoms with Gasteiger partial charge in [-0.3, -0.25) is 4.79 Å². The van der Waals surface area contributed by atoms with Crippen molar-refractivity contribution >= 4 is 12.0 Å². The van der Waals surface area contributed by atoms with Crippen molar-refractivity contribution in [1.29, 1.82) is 0 Å². The number of amides is 2. The van der Waals surface area contributed by atoms with Crippen LogP contribution in [0.5, 0.6) is 0 Å². The van der Waals surface area contributed by atoms with Gasteiger partial charge in [-0.25, -0.2) is 4.79 Å². The van der Waals surface area contributed by atoms with Gasteiger partial charge in [-0.05, 0) is 38.8 Å². The van der Waals surface area contributed by atoms with Crippen molar-refractivity contribution < 1.29 is 14.3 Å². The Kier molecular flexibility index (Phi) is 5.69. The maximum absolute atomic E-state index is 12.6. The lowest BCUT2D eigenvalue weighted by Gasteiger charge is -2.21. The summed E-state index contributed by atoms with van der Waals surface area (Å²) in [5, 5.41) is 0. The number of ether oxygens (including phenoxy) is 1. The standard InChI is InChI=1S/C17H27N3O3/c1-5-23-17(22)20-8-6-7-19(9-10-20)16(21)12-15-11-13(2)18(4)14(15)3/h11H,5-10,12H2,1-4H3. The minimum Gasteiger partial charge on any atom is -0.450 e. The molecule has 6 heteroatoms. The summed E-state index contributed by atoms with van der Waals surface area (Å²) in [5.74, 6) is 0.129. The van der Waals surface area contributed by atoms with E-state index in [9.17, 15) is 9.59 Å². The molecule has 1 aliphatic heterocycles. The van der Waals surface area contributed by atoms with Gasteiger partial charge in [0.1, 0.15) is 0 Å². The fourth-order valence-corrected chi connectivity index (χ4v) is 2.95. The lowest BCUT2D eigenvalue weighted by atomic mass is 10.1. The Hall–Kier alpha value is -1.98. The molecule has 0 spiro atoms. The zero-order valence-corrected chi connectivity index (χ0v) is 14.6. The van der Waals surface area contributed by atoms with Crippen LogP contribution in [-0.2, 0) is 23.0 Å². The normalized spacial score (nSPS) is 15.5. The average Bonchev–Trinajstić information content (AvgIpc) is 2.74. The Bertz CT molecular complexity index is 580. The predicted molar refractivity (Wildman–Crippen MR) is 88.4 cm³/mol. The van der Waals surface area contributed by atoms with E-state index in [4.69, 9.17) is 4.74 Å². The van der Waals surface area contributed by atoms with E-state index in [0.29, 0.717) is 39.2 Å². The number of carbonyl (C=O) groups is 2. The van der Waals surface area contributed by atoms with Crippen molar-refractivity contribution in [3.8, 4) is 0 Å². The predicted octanol–water partition coefficient (Wildman–Crippen LogP) is 1.88. The lowest BCUT2D eigenvalue weighted by molar-refractivity contribution is -0.130. The Labute approximate surface area is 138 Å². The molecule has 128 valence electrons. The quantitative estimate of drug-likeness (QED) is 0.854. The van der Waals surface area contributed by atoms with Gasteiger partial charge in [0.25, 0.3) is 0 Å². The first-order valence-corrected chi connectivity index (χ1v) is 8.25. The monoisotopic (exact) mass is 321 g/mol. The van der Waals surface area contributed by atoms with Gasteiger partial charge < -0.3 is 19.1 Å². The zero-order chi connectivity index (χ0) is 17.0. The number of hydrogen-bond donors (Lipinski definition) is 0. The Morgan fingerprint density at radius 2 is 1.78 bits per heavy atom. The highest BCUT2D eigenvalue weighted by Crippen LogP contribution is 2.15. The van der Waals surface area contributed by atoms with E-state index in [1.165, 1.54) is 0 Å². The summed E-state index contributed by atoms with van der Waals surface area (Å²) in [4.78, 5) is 27.9. The number of hydrogen-bond acceptors (Lipinski definition) is 3. The second-order valence-electron chi connectivity index (χ2n) is 6.05. The van der Waals surface area contributed by atoms with E-state index in [1.54, 1.807) is 11.8 Å². The molecule has 0 saturated carbocycles. The largest absolute Gasteiger partial charge is 0.450 e. The third-order valence-electron chi connectivity index (χ3n) is 4.60. The summed E-state index contributed by atoms with van der Waals surface area (Å²) >= 11 is 0. The van der Waals surface area contributed by atoms with Crippen molar-refractivity contribution in [2.45, 2.75) is 33.6 Å². The van der Waals surface area contributed by atoms with Crippen LogP contribution < -0.4 is 0 Å². The fraction of sp³-hybridized carbons (Fsp3) is 0.647. The van der Waals surface area contributed by atoms with Crippen molar-refractivity contribution in [2.24, 2.45) is 7.05 Å². The summed E-state index contributed by atoms with van der Waals surface area (Å²) in [6.07, 6.45) is 0.931. The van der Waals surface area contributed by atoms with E-state index in [-0.39, 0.29) is 12.0 Å². The first-order chi connectivity index (χ1) is 10.9.